The van der Waals surface area contributed by atoms with Gasteiger partial charge < -0.3 is 4.57 Å². The van der Waals surface area contributed by atoms with Crippen LogP contribution in [0.4, 0.5) is 0 Å². The second kappa shape index (κ2) is 3.50. The Morgan fingerprint density at radius 1 is 1.67 bits per heavy atom. The highest BCUT2D eigenvalue weighted by Gasteiger charge is 2.15. The van der Waals surface area contributed by atoms with Crippen LogP contribution in [0, 0.1) is 0 Å². The van der Waals surface area contributed by atoms with Gasteiger partial charge in [-0.1, -0.05) is 18.5 Å². The van der Waals surface area contributed by atoms with Gasteiger partial charge in [0.1, 0.15) is 5.69 Å². The van der Waals surface area contributed by atoms with Crippen molar-refractivity contribution in [1.29, 1.82) is 0 Å². The first-order valence-electron chi connectivity index (χ1n) is 3.61. The van der Waals surface area contributed by atoms with Gasteiger partial charge in [-0.25, -0.2) is 0 Å². The summed E-state index contributed by atoms with van der Waals surface area (Å²) in [5, 5.41) is -0.0396. The number of rotatable bonds is 2. The molecule has 0 atom stereocenters. The average Bonchev–Trinajstić information content (AvgIpc) is 2.25. The van der Waals surface area contributed by atoms with Crippen molar-refractivity contribution in [2.45, 2.75) is 13.3 Å². The summed E-state index contributed by atoms with van der Waals surface area (Å²) in [4.78, 5) is 10.9. The molecule has 0 radical (unpaired) electrons. The van der Waals surface area contributed by atoms with Gasteiger partial charge in [0.05, 0.1) is 5.02 Å². The predicted molar refractivity (Wildman–Crippen MR) is 50.0 cm³/mol. The number of carbonyl (C=O) groups is 1. The van der Waals surface area contributed by atoms with E-state index in [1.54, 1.807) is 11.6 Å². The molecule has 0 aliphatic heterocycles. The minimum atomic E-state index is -0.512. The Labute approximate surface area is 81.1 Å². The molecule has 66 valence electrons. The molecule has 0 aliphatic carbocycles. The summed E-state index contributed by atoms with van der Waals surface area (Å²) < 4.78 is 1.65. The van der Waals surface area contributed by atoms with Gasteiger partial charge in [-0.05, 0) is 23.6 Å². The molecule has 1 rings (SSSR count). The average molecular weight is 206 g/mol. The van der Waals surface area contributed by atoms with Crippen molar-refractivity contribution in [2.75, 3.05) is 0 Å². The highest BCUT2D eigenvalue weighted by molar-refractivity contribution is 6.68. The van der Waals surface area contributed by atoms with Crippen LogP contribution < -0.4 is 0 Å². The van der Waals surface area contributed by atoms with Crippen molar-refractivity contribution in [1.82, 2.24) is 4.57 Å². The fourth-order valence-corrected chi connectivity index (χ4v) is 1.81. The number of hydrogen-bond acceptors (Lipinski definition) is 1. The lowest BCUT2D eigenvalue weighted by molar-refractivity contribution is 0.107. The summed E-state index contributed by atoms with van der Waals surface area (Å²) in [6, 6.07) is 0. The molecule has 0 saturated carbocycles. The van der Waals surface area contributed by atoms with Crippen molar-refractivity contribution in [3.05, 3.63) is 22.5 Å². The van der Waals surface area contributed by atoms with E-state index in [0.717, 1.165) is 12.0 Å². The van der Waals surface area contributed by atoms with Crippen LogP contribution in [0.2, 0.25) is 5.02 Å². The molecule has 0 aromatic carbocycles. The third-order valence-corrected chi connectivity index (χ3v) is 2.36. The maximum atomic E-state index is 10.9. The molecule has 0 aliphatic rings. The first-order chi connectivity index (χ1) is 5.57. The van der Waals surface area contributed by atoms with Crippen molar-refractivity contribution < 1.29 is 4.79 Å². The number of nitrogens with zero attached hydrogens (tertiary/aromatic N) is 1. The first-order valence-corrected chi connectivity index (χ1v) is 4.37. The zero-order chi connectivity index (χ0) is 9.30. The van der Waals surface area contributed by atoms with E-state index >= 15 is 0 Å². The summed E-state index contributed by atoms with van der Waals surface area (Å²) in [5.74, 6) is 0. The molecule has 1 heterocycles. The third-order valence-electron chi connectivity index (χ3n) is 1.76. The highest BCUT2D eigenvalue weighted by Crippen LogP contribution is 2.24. The van der Waals surface area contributed by atoms with E-state index in [-0.39, 0.29) is 0 Å². The predicted octanol–water partition coefficient (Wildman–Crippen LogP) is 2.62. The minimum Gasteiger partial charge on any atom is -0.346 e. The first kappa shape index (κ1) is 9.62. The molecule has 4 heteroatoms. The number of carbonyl (C=O) groups excluding carboxylic acids is 1. The topological polar surface area (TPSA) is 22.0 Å². The largest absolute Gasteiger partial charge is 0.346 e. The van der Waals surface area contributed by atoms with E-state index < -0.39 is 5.24 Å². The second-order valence-electron chi connectivity index (χ2n) is 2.56. The Balaban J connectivity index is 3.28. The zero-order valence-corrected chi connectivity index (χ0v) is 8.41. The molecular weight excluding hydrogens is 197 g/mol. The summed E-state index contributed by atoms with van der Waals surface area (Å²) in [7, 11) is 1.75. The Hall–Kier alpha value is -0.470. The third kappa shape index (κ3) is 1.50. The normalized spacial score (nSPS) is 10.3. The standard InChI is InChI=1S/C8H9Cl2NO/c1-3-5-4-11(2)7(6(5)9)8(10)12/h4H,3H2,1-2H3. The fraction of sp³-hybridized carbons (Fsp3) is 0.375. The number of hydrogen-bond donors (Lipinski definition) is 0. The maximum Gasteiger partial charge on any atom is 0.270 e. The zero-order valence-electron chi connectivity index (χ0n) is 6.90. The Morgan fingerprint density at radius 3 is 2.50 bits per heavy atom. The summed E-state index contributed by atoms with van der Waals surface area (Å²) in [6.45, 7) is 1.98. The molecule has 0 amide bonds. The van der Waals surface area contributed by atoms with Gasteiger partial charge in [-0.15, -0.1) is 0 Å². The van der Waals surface area contributed by atoms with Gasteiger partial charge in [-0.2, -0.15) is 0 Å². The van der Waals surface area contributed by atoms with Crippen molar-refractivity contribution in [3.63, 3.8) is 0 Å². The van der Waals surface area contributed by atoms with E-state index in [2.05, 4.69) is 0 Å². The van der Waals surface area contributed by atoms with Gasteiger partial charge in [0.2, 0.25) is 0 Å². The van der Waals surface area contributed by atoms with E-state index in [1.165, 1.54) is 0 Å². The Kier molecular flexibility index (Phi) is 2.80. The summed E-state index contributed by atoms with van der Waals surface area (Å²) >= 11 is 11.2. The number of halogens is 2. The monoisotopic (exact) mass is 205 g/mol. The van der Waals surface area contributed by atoms with Crippen LogP contribution in [0.3, 0.4) is 0 Å². The lowest BCUT2D eigenvalue weighted by Gasteiger charge is -1.95. The van der Waals surface area contributed by atoms with Crippen LogP contribution in [0.1, 0.15) is 23.0 Å². The Bertz CT molecular complexity index is 317. The second-order valence-corrected chi connectivity index (χ2v) is 3.28. The van der Waals surface area contributed by atoms with Crippen molar-refractivity contribution in [3.8, 4) is 0 Å². The molecule has 2 nitrogen and oxygen atoms in total. The SMILES string of the molecule is CCc1cn(C)c(C(=O)Cl)c1Cl. The van der Waals surface area contributed by atoms with Crippen molar-refractivity contribution in [2.24, 2.45) is 7.05 Å². The molecule has 0 saturated heterocycles. The molecule has 0 spiro atoms. The van der Waals surface area contributed by atoms with Crippen molar-refractivity contribution >= 4 is 28.4 Å². The van der Waals surface area contributed by atoms with Gasteiger partial charge in [0.25, 0.3) is 5.24 Å². The highest BCUT2D eigenvalue weighted by atomic mass is 35.5. The van der Waals surface area contributed by atoms with Crippen LogP contribution >= 0.6 is 23.2 Å². The minimum absolute atomic E-state index is 0.371. The molecular formula is C8H9Cl2NO. The molecule has 12 heavy (non-hydrogen) atoms. The fourth-order valence-electron chi connectivity index (χ4n) is 1.13. The van der Waals surface area contributed by atoms with E-state index in [1.807, 2.05) is 13.1 Å². The van der Waals surface area contributed by atoms with Crippen LogP contribution in [-0.2, 0) is 13.5 Å². The lowest BCUT2D eigenvalue weighted by Crippen LogP contribution is -1.98. The smallest absolute Gasteiger partial charge is 0.270 e. The van der Waals surface area contributed by atoms with E-state index in [0.29, 0.717) is 10.7 Å². The molecule has 1 aromatic rings. The van der Waals surface area contributed by atoms with Crippen LogP contribution in [0.15, 0.2) is 6.20 Å². The summed E-state index contributed by atoms with van der Waals surface area (Å²) in [5.41, 5.74) is 1.32. The molecule has 1 aromatic heterocycles. The number of aryl methyl sites for hydroxylation is 2. The quantitative estimate of drug-likeness (QED) is 0.681. The van der Waals surface area contributed by atoms with Gasteiger partial charge >= 0.3 is 0 Å². The van der Waals surface area contributed by atoms with Gasteiger partial charge in [-0.3, -0.25) is 4.79 Å². The lowest BCUT2D eigenvalue weighted by atomic mass is 10.2. The van der Waals surface area contributed by atoms with Gasteiger partial charge in [0.15, 0.2) is 0 Å². The van der Waals surface area contributed by atoms with E-state index in [4.69, 9.17) is 23.2 Å². The Morgan fingerprint density at radius 2 is 2.25 bits per heavy atom. The molecule has 0 bridgehead atoms. The number of aromatic nitrogens is 1. The van der Waals surface area contributed by atoms with Crippen LogP contribution in [0.5, 0.6) is 0 Å². The summed E-state index contributed by atoms with van der Waals surface area (Å²) in [6.07, 6.45) is 2.62. The van der Waals surface area contributed by atoms with Gasteiger partial charge in [0, 0.05) is 13.2 Å². The molecule has 0 N–H and O–H groups in total. The molecule has 0 fully saturated rings. The van der Waals surface area contributed by atoms with Crippen LogP contribution in [0.25, 0.3) is 0 Å². The maximum absolute atomic E-state index is 10.9. The van der Waals surface area contributed by atoms with Crippen LogP contribution in [-0.4, -0.2) is 9.81 Å². The molecule has 0 unspecified atom stereocenters. The van der Waals surface area contributed by atoms with E-state index in [9.17, 15) is 4.79 Å².